The van der Waals surface area contributed by atoms with Crippen LogP contribution in [0.3, 0.4) is 0 Å². The topological polar surface area (TPSA) is 89.5 Å². The number of nitrogens with one attached hydrogen (secondary N) is 1. The number of aliphatic carboxylic acids is 1. The third-order valence-electron chi connectivity index (χ3n) is 7.68. The second kappa shape index (κ2) is 17.6. The van der Waals surface area contributed by atoms with Crippen LogP contribution in [-0.2, 0) is 16.0 Å². The van der Waals surface area contributed by atoms with E-state index in [-0.39, 0.29) is 24.8 Å². The van der Waals surface area contributed by atoms with Crippen molar-refractivity contribution in [1.29, 1.82) is 0 Å². The molecule has 2 aromatic rings. The van der Waals surface area contributed by atoms with Crippen LogP contribution >= 0.6 is 11.8 Å². The number of rotatable bonds is 14. The van der Waals surface area contributed by atoms with Crippen molar-refractivity contribution in [2.24, 2.45) is 0 Å². The molecule has 0 aliphatic heterocycles. The van der Waals surface area contributed by atoms with Crippen molar-refractivity contribution in [1.82, 2.24) is 10.2 Å². The molecule has 1 fully saturated rings. The molecule has 8 heteroatoms. The van der Waals surface area contributed by atoms with Gasteiger partial charge in [-0.2, -0.15) is 11.8 Å². The van der Waals surface area contributed by atoms with Crippen LogP contribution in [0.15, 0.2) is 42.5 Å². The van der Waals surface area contributed by atoms with Crippen molar-refractivity contribution in [2.75, 3.05) is 18.6 Å². The molecule has 2 amide bonds. The van der Waals surface area contributed by atoms with Gasteiger partial charge < -0.3 is 20.1 Å². The maximum absolute atomic E-state index is 13.4. The molecule has 1 aliphatic rings. The molecular formula is C32H43LiN2O4S. The van der Waals surface area contributed by atoms with Crippen molar-refractivity contribution in [3.63, 3.8) is 0 Å². The van der Waals surface area contributed by atoms with E-state index in [0.717, 1.165) is 54.5 Å². The van der Waals surface area contributed by atoms with Gasteiger partial charge in [-0.25, -0.2) is 0 Å². The van der Waals surface area contributed by atoms with E-state index in [1.54, 1.807) is 6.07 Å². The van der Waals surface area contributed by atoms with E-state index in [9.17, 15) is 19.5 Å². The Morgan fingerprint density at radius 2 is 1.80 bits per heavy atom. The maximum atomic E-state index is 13.4. The Kier molecular flexibility index (Phi) is 14.9. The Bertz CT molecular complexity index is 1120. The molecule has 0 saturated heterocycles. The minimum Gasteiger partial charge on any atom is -0.548 e. The fourth-order valence-corrected chi connectivity index (χ4v) is 5.86. The summed E-state index contributed by atoms with van der Waals surface area (Å²) in [6.07, 6.45) is 11.1. The number of carbonyl (C=O) groups is 3. The Labute approximate surface area is 256 Å². The fourth-order valence-electron chi connectivity index (χ4n) is 5.39. The molecule has 0 spiro atoms. The molecule has 2 aromatic carbocycles. The van der Waals surface area contributed by atoms with Crippen molar-refractivity contribution >= 4 is 29.5 Å². The molecule has 1 aliphatic carbocycles. The van der Waals surface area contributed by atoms with Gasteiger partial charge in [0.25, 0.3) is 5.91 Å². The Balaban J connectivity index is 0.00000560. The fraction of sp³-hybridized carbons (Fsp3) is 0.531. The first-order valence-electron chi connectivity index (χ1n) is 14.3. The summed E-state index contributed by atoms with van der Waals surface area (Å²) in [6, 6.07) is 12.8. The standard InChI is InChI=1S/C32H44N2O4S.Li/c1-4-5-20-34(25-12-7-6-8-13-25)30(35)18-16-24-15-17-27(28(22-24)26-14-10-9-11-23(26)2)31(36)33-29(32(37)38)19-21-39-3;/h9-11,14-15,17,22,25,29H,4-8,12-13,16,18-21H2,1-3H3,(H,33,36)(H,37,38);/q;+1/p-1/t29-;/m0./s1. The zero-order valence-electron chi connectivity index (χ0n) is 24.7. The van der Waals surface area contributed by atoms with Gasteiger partial charge in [0.1, 0.15) is 0 Å². The Morgan fingerprint density at radius 3 is 2.45 bits per heavy atom. The first kappa shape index (κ1) is 34.0. The summed E-state index contributed by atoms with van der Waals surface area (Å²) in [5.41, 5.74) is 4.07. The van der Waals surface area contributed by atoms with Gasteiger partial charge in [-0.1, -0.05) is 69.0 Å². The normalized spacial score (nSPS) is 14.2. The minimum atomic E-state index is -1.28. The molecule has 0 aromatic heterocycles. The zero-order valence-corrected chi connectivity index (χ0v) is 25.5. The number of thioether (sulfide) groups is 1. The molecular weight excluding hydrogens is 515 g/mol. The van der Waals surface area contributed by atoms with Crippen LogP contribution in [-0.4, -0.2) is 53.3 Å². The molecule has 6 nitrogen and oxygen atoms in total. The van der Waals surface area contributed by atoms with Gasteiger partial charge in [0, 0.05) is 24.6 Å². The number of carbonyl (C=O) groups excluding carboxylic acids is 3. The molecule has 1 N–H and O–H groups in total. The number of aryl methyl sites for hydroxylation is 2. The maximum Gasteiger partial charge on any atom is 1.00 e. The molecule has 0 heterocycles. The predicted octanol–water partition coefficient (Wildman–Crippen LogP) is 2.16. The van der Waals surface area contributed by atoms with Gasteiger partial charge >= 0.3 is 18.9 Å². The summed E-state index contributed by atoms with van der Waals surface area (Å²) < 4.78 is 0. The second-order valence-corrected chi connectivity index (χ2v) is 11.5. The summed E-state index contributed by atoms with van der Waals surface area (Å²) in [4.78, 5) is 40.5. The summed E-state index contributed by atoms with van der Waals surface area (Å²) in [5.74, 6) is -0.905. The van der Waals surface area contributed by atoms with Gasteiger partial charge in [0.05, 0.1) is 12.0 Å². The molecule has 40 heavy (non-hydrogen) atoms. The van der Waals surface area contributed by atoms with Gasteiger partial charge in [-0.3, -0.25) is 9.59 Å². The molecule has 0 radical (unpaired) electrons. The smallest absolute Gasteiger partial charge is 0.548 e. The van der Waals surface area contributed by atoms with Gasteiger partial charge in [-0.05, 0) is 79.4 Å². The summed E-state index contributed by atoms with van der Waals surface area (Å²) in [6.45, 7) is 4.97. The van der Waals surface area contributed by atoms with Gasteiger partial charge in [0.2, 0.25) is 5.91 Å². The number of benzene rings is 2. The minimum absolute atomic E-state index is 0. The van der Waals surface area contributed by atoms with Gasteiger partial charge in [-0.15, -0.1) is 0 Å². The summed E-state index contributed by atoms with van der Waals surface area (Å²) in [7, 11) is 0. The van der Waals surface area contributed by atoms with E-state index in [1.807, 2.05) is 49.6 Å². The van der Waals surface area contributed by atoms with Crippen molar-refractivity contribution in [2.45, 2.75) is 90.1 Å². The zero-order chi connectivity index (χ0) is 28.2. The van der Waals surface area contributed by atoms with E-state index in [1.165, 1.54) is 31.0 Å². The molecule has 212 valence electrons. The molecule has 1 atom stereocenters. The van der Waals surface area contributed by atoms with Gasteiger partial charge in [0.15, 0.2) is 0 Å². The number of carboxylic acid groups (broad SMARTS) is 1. The number of hydrogen-bond acceptors (Lipinski definition) is 5. The molecule has 1 saturated carbocycles. The number of unbranched alkanes of at least 4 members (excludes halogenated alkanes) is 1. The average Bonchev–Trinajstić information content (AvgIpc) is 2.94. The Hall–Kier alpha value is -2.20. The monoisotopic (exact) mass is 558 g/mol. The third kappa shape index (κ3) is 9.71. The van der Waals surface area contributed by atoms with Crippen molar-refractivity contribution in [3.8, 4) is 11.1 Å². The number of hydrogen-bond donors (Lipinski definition) is 1. The predicted molar refractivity (Wildman–Crippen MR) is 158 cm³/mol. The van der Waals surface area contributed by atoms with Crippen molar-refractivity contribution < 1.29 is 38.4 Å². The second-order valence-electron chi connectivity index (χ2n) is 10.6. The molecule has 0 unspecified atom stereocenters. The van der Waals surface area contributed by atoms with Crippen LogP contribution in [0, 0.1) is 6.92 Å². The largest absolute Gasteiger partial charge is 1.00 e. The van der Waals surface area contributed by atoms with E-state index in [2.05, 4.69) is 17.1 Å². The summed E-state index contributed by atoms with van der Waals surface area (Å²) >= 11 is 1.52. The first-order chi connectivity index (χ1) is 18.8. The van der Waals surface area contributed by atoms with E-state index < -0.39 is 17.9 Å². The van der Waals surface area contributed by atoms with E-state index in [4.69, 9.17) is 0 Å². The summed E-state index contributed by atoms with van der Waals surface area (Å²) in [5, 5.41) is 14.3. The van der Waals surface area contributed by atoms with E-state index in [0.29, 0.717) is 36.6 Å². The molecule has 0 bridgehead atoms. The van der Waals surface area contributed by atoms with Crippen LogP contribution < -0.4 is 29.3 Å². The number of carboxylic acids is 1. The number of amides is 2. The van der Waals surface area contributed by atoms with E-state index >= 15 is 0 Å². The SMILES string of the molecule is CCCCN(C(=O)CCc1ccc(C(=O)N[C@@H](CCSC)C(=O)[O-])c(-c2ccccc2C)c1)C1CCCCC1.[Li+]. The Morgan fingerprint density at radius 1 is 1.07 bits per heavy atom. The first-order valence-corrected chi connectivity index (χ1v) is 15.7. The average molecular weight is 559 g/mol. The number of nitrogens with zero attached hydrogens (tertiary/aromatic N) is 1. The molecule has 3 rings (SSSR count). The van der Waals surface area contributed by atoms with Crippen LogP contribution in [0.25, 0.3) is 11.1 Å². The quantitative estimate of drug-likeness (QED) is 0.359. The van der Waals surface area contributed by atoms with Crippen LogP contribution in [0.1, 0.15) is 86.2 Å². The third-order valence-corrected chi connectivity index (χ3v) is 8.32. The van der Waals surface area contributed by atoms with Crippen LogP contribution in [0.5, 0.6) is 0 Å². The van der Waals surface area contributed by atoms with Crippen LogP contribution in [0.2, 0.25) is 0 Å². The van der Waals surface area contributed by atoms with Crippen LogP contribution in [0.4, 0.5) is 0 Å². The van der Waals surface area contributed by atoms with Crippen molar-refractivity contribution in [3.05, 3.63) is 59.2 Å².